The van der Waals surface area contributed by atoms with Gasteiger partial charge in [0, 0.05) is 37.0 Å². The summed E-state index contributed by atoms with van der Waals surface area (Å²) in [6.07, 6.45) is 0. The van der Waals surface area contributed by atoms with E-state index in [9.17, 15) is 5.11 Å². The zero-order chi connectivity index (χ0) is 11.3. The van der Waals surface area contributed by atoms with Gasteiger partial charge in [-0.3, -0.25) is 0 Å². The summed E-state index contributed by atoms with van der Waals surface area (Å²) in [5.41, 5.74) is 1.82. The van der Waals surface area contributed by atoms with Crippen LogP contribution in [0.1, 0.15) is 5.56 Å². The first-order valence-electron chi connectivity index (χ1n) is 4.78. The van der Waals surface area contributed by atoms with E-state index in [0.29, 0.717) is 11.6 Å². The fraction of sp³-hybridized carbons (Fsp3) is 0.455. The first-order valence-corrected chi connectivity index (χ1v) is 5.16. The van der Waals surface area contributed by atoms with E-state index in [1.165, 1.54) is 0 Å². The molecule has 0 unspecified atom stereocenters. The molecule has 0 aliphatic carbocycles. The number of nitrogens with zero attached hydrogens (tertiary/aromatic N) is 1. The van der Waals surface area contributed by atoms with Gasteiger partial charge in [-0.25, -0.2) is 0 Å². The minimum Gasteiger partial charge on any atom is -0.392 e. The molecule has 0 radical (unpaired) electrons. The number of likely N-dealkylation sites (N-methyl/N-ethyl adjacent to an activating group) is 1. The minimum absolute atomic E-state index is 0.00673. The highest BCUT2D eigenvalue weighted by Gasteiger charge is 2.06. The average molecular weight is 230 g/mol. The van der Waals surface area contributed by atoms with Gasteiger partial charge >= 0.3 is 0 Å². The summed E-state index contributed by atoms with van der Waals surface area (Å²) in [6, 6.07) is 5.50. The van der Waals surface area contributed by atoms with Gasteiger partial charge in [0.1, 0.15) is 0 Å². The standard InChI is InChI=1S/C11H16ClNO2/c1-13(5-6-15-2)11-4-3-10(12)7-9(11)8-14/h3-4,7,14H,5-6,8H2,1-2H3. The molecule has 1 rings (SSSR count). The van der Waals surface area contributed by atoms with Crippen molar-refractivity contribution in [3.63, 3.8) is 0 Å². The number of hydrogen-bond donors (Lipinski definition) is 1. The van der Waals surface area contributed by atoms with E-state index in [0.717, 1.165) is 17.8 Å². The number of methoxy groups -OCH3 is 1. The molecule has 0 saturated carbocycles. The molecule has 84 valence electrons. The quantitative estimate of drug-likeness (QED) is 0.838. The van der Waals surface area contributed by atoms with Crippen LogP contribution in [0.2, 0.25) is 5.02 Å². The molecular formula is C11H16ClNO2. The molecule has 1 aromatic rings. The molecule has 1 aromatic carbocycles. The molecule has 0 aromatic heterocycles. The third-order valence-electron chi connectivity index (χ3n) is 2.25. The van der Waals surface area contributed by atoms with Crippen molar-refractivity contribution < 1.29 is 9.84 Å². The summed E-state index contributed by atoms with van der Waals surface area (Å²) in [6.45, 7) is 1.43. The highest BCUT2D eigenvalue weighted by atomic mass is 35.5. The predicted molar refractivity (Wildman–Crippen MR) is 62.5 cm³/mol. The van der Waals surface area contributed by atoms with Gasteiger partial charge in [0.25, 0.3) is 0 Å². The van der Waals surface area contributed by atoms with Crippen molar-refractivity contribution in [3.05, 3.63) is 28.8 Å². The van der Waals surface area contributed by atoms with Crippen LogP contribution in [0.25, 0.3) is 0 Å². The van der Waals surface area contributed by atoms with Crippen LogP contribution < -0.4 is 4.90 Å². The molecule has 0 saturated heterocycles. The zero-order valence-electron chi connectivity index (χ0n) is 9.03. The number of halogens is 1. The summed E-state index contributed by atoms with van der Waals surface area (Å²) < 4.78 is 5.00. The number of aliphatic hydroxyl groups excluding tert-OH is 1. The van der Waals surface area contributed by atoms with Crippen LogP contribution in [0.4, 0.5) is 5.69 Å². The van der Waals surface area contributed by atoms with Crippen LogP contribution in [-0.2, 0) is 11.3 Å². The lowest BCUT2D eigenvalue weighted by Crippen LogP contribution is -2.23. The van der Waals surface area contributed by atoms with Crippen molar-refractivity contribution in [2.45, 2.75) is 6.61 Å². The van der Waals surface area contributed by atoms with Crippen LogP contribution >= 0.6 is 11.6 Å². The molecule has 1 N–H and O–H groups in total. The second-order valence-corrected chi connectivity index (χ2v) is 3.78. The molecule has 0 aliphatic heterocycles. The summed E-state index contributed by atoms with van der Waals surface area (Å²) in [5, 5.41) is 9.84. The van der Waals surface area contributed by atoms with Gasteiger partial charge in [-0.15, -0.1) is 0 Å². The maximum Gasteiger partial charge on any atom is 0.0702 e. The fourth-order valence-electron chi connectivity index (χ4n) is 1.40. The third-order valence-corrected chi connectivity index (χ3v) is 2.49. The van der Waals surface area contributed by atoms with Crippen LogP contribution in [0.5, 0.6) is 0 Å². The number of benzene rings is 1. The number of rotatable bonds is 5. The molecule has 0 fully saturated rings. The molecule has 0 heterocycles. The van der Waals surface area contributed by atoms with E-state index < -0.39 is 0 Å². The molecule has 0 spiro atoms. The number of hydrogen-bond acceptors (Lipinski definition) is 3. The summed E-state index contributed by atoms with van der Waals surface area (Å²) in [4.78, 5) is 2.03. The monoisotopic (exact) mass is 229 g/mol. The van der Waals surface area contributed by atoms with Crippen molar-refractivity contribution in [2.75, 3.05) is 32.2 Å². The van der Waals surface area contributed by atoms with Gasteiger partial charge in [0.2, 0.25) is 0 Å². The summed E-state index contributed by atoms with van der Waals surface area (Å²) in [7, 11) is 3.63. The van der Waals surface area contributed by atoms with E-state index in [-0.39, 0.29) is 6.61 Å². The maximum absolute atomic E-state index is 9.20. The Labute approximate surface area is 95.2 Å². The molecule has 0 atom stereocenters. The Kier molecular flexibility index (Phi) is 4.88. The van der Waals surface area contributed by atoms with E-state index in [2.05, 4.69) is 0 Å². The van der Waals surface area contributed by atoms with Crippen molar-refractivity contribution in [3.8, 4) is 0 Å². The Morgan fingerprint density at radius 3 is 2.80 bits per heavy atom. The Bertz CT molecular complexity index is 317. The molecule has 0 amide bonds. The smallest absolute Gasteiger partial charge is 0.0702 e. The van der Waals surface area contributed by atoms with Gasteiger partial charge in [-0.1, -0.05) is 11.6 Å². The molecular weight excluding hydrogens is 214 g/mol. The Morgan fingerprint density at radius 2 is 2.20 bits per heavy atom. The van der Waals surface area contributed by atoms with Crippen LogP contribution in [0, 0.1) is 0 Å². The van der Waals surface area contributed by atoms with E-state index >= 15 is 0 Å². The van der Waals surface area contributed by atoms with Gasteiger partial charge < -0.3 is 14.7 Å². The minimum atomic E-state index is -0.00673. The molecule has 3 nitrogen and oxygen atoms in total. The Morgan fingerprint density at radius 1 is 1.47 bits per heavy atom. The largest absolute Gasteiger partial charge is 0.392 e. The lowest BCUT2D eigenvalue weighted by molar-refractivity contribution is 0.206. The van der Waals surface area contributed by atoms with E-state index in [1.54, 1.807) is 13.2 Å². The van der Waals surface area contributed by atoms with Crippen molar-refractivity contribution >= 4 is 17.3 Å². The second kappa shape index (κ2) is 5.95. The van der Waals surface area contributed by atoms with Crippen molar-refractivity contribution in [1.29, 1.82) is 0 Å². The lowest BCUT2D eigenvalue weighted by atomic mass is 10.1. The fourth-order valence-corrected chi connectivity index (χ4v) is 1.60. The average Bonchev–Trinajstić information content (AvgIpc) is 2.25. The number of aliphatic hydroxyl groups is 1. The van der Waals surface area contributed by atoms with Crippen LogP contribution in [-0.4, -0.2) is 32.4 Å². The van der Waals surface area contributed by atoms with Gasteiger partial charge in [0.05, 0.1) is 13.2 Å². The van der Waals surface area contributed by atoms with Gasteiger partial charge in [-0.2, -0.15) is 0 Å². The molecule has 0 aliphatic rings. The van der Waals surface area contributed by atoms with Crippen molar-refractivity contribution in [1.82, 2.24) is 0 Å². The molecule has 15 heavy (non-hydrogen) atoms. The first kappa shape index (κ1) is 12.3. The molecule has 4 heteroatoms. The van der Waals surface area contributed by atoms with Gasteiger partial charge in [0.15, 0.2) is 0 Å². The topological polar surface area (TPSA) is 32.7 Å². The first-order chi connectivity index (χ1) is 7.19. The molecule has 0 bridgehead atoms. The van der Waals surface area contributed by atoms with E-state index in [1.807, 2.05) is 24.1 Å². The Balaban J connectivity index is 2.82. The Hall–Kier alpha value is -0.770. The SMILES string of the molecule is COCCN(C)c1ccc(Cl)cc1CO. The van der Waals surface area contributed by atoms with E-state index in [4.69, 9.17) is 16.3 Å². The van der Waals surface area contributed by atoms with Gasteiger partial charge in [-0.05, 0) is 18.2 Å². The summed E-state index contributed by atoms with van der Waals surface area (Å²) >= 11 is 5.85. The number of anilines is 1. The number of ether oxygens (including phenoxy) is 1. The zero-order valence-corrected chi connectivity index (χ0v) is 9.79. The summed E-state index contributed by atoms with van der Waals surface area (Å²) in [5.74, 6) is 0. The van der Waals surface area contributed by atoms with Crippen LogP contribution in [0.3, 0.4) is 0 Å². The second-order valence-electron chi connectivity index (χ2n) is 3.35. The normalized spacial score (nSPS) is 10.4. The highest BCUT2D eigenvalue weighted by Crippen LogP contribution is 2.23. The van der Waals surface area contributed by atoms with Crippen molar-refractivity contribution in [2.24, 2.45) is 0 Å². The lowest BCUT2D eigenvalue weighted by Gasteiger charge is -2.21. The third kappa shape index (κ3) is 3.38. The van der Waals surface area contributed by atoms with Crippen LogP contribution in [0.15, 0.2) is 18.2 Å². The highest BCUT2D eigenvalue weighted by molar-refractivity contribution is 6.30. The predicted octanol–water partition coefficient (Wildman–Crippen LogP) is 1.91. The maximum atomic E-state index is 9.20.